The van der Waals surface area contributed by atoms with Crippen molar-refractivity contribution < 1.29 is 32.2 Å². The number of likely N-dealkylation sites (tertiary alicyclic amines) is 1. The summed E-state index contributed by atoms with van der Waals surface area (Å²) in [5.74, 6) is -0.997. The lowest BCUT2D eigenvalue weighted by atomic mass is 9.93. The van der Waals surface area contributed by atoms with Crippen LogP contribution in [0, 0.1) is 5.82 Å². The first-order chi connectivity index (χ1) is 18.5. The van der Waals surface area contributed by atoms with E-state index in [1.165, 1.54) is 23.1 Å². The van der Waals surface area contributed by atoms with Crippen LogP contribution >= 0.6 is 15.9 Å². The van der Waals surface area contributed by atoms with Crippen molar-refractivity contribution >= 4 is 21.8 Å². The first kappa shape index (κ1) is 29.9. The van der Waals surface area contributed by atoms with E-state index in [9.17, 15) is 27.5 Å². The minimum absolute atomic E-state index is 0.0504. The maximum Gasteiger partial charge on any atom is 0.416 e. The zero-order valence-corrected chi connectivity index (χ0v) is 23.4. The van der Waals surface area contributed by atoms with Crippen LogP contribution in [0.1, 0.15) is 40.2 Å². The standard InChI is InChI=1S/C28H34BrF4N3O3/c1-34(27(38)21-12-22(28(31,32)33)14-23(29)13-21)15-20(19-2-4-24(30)5-3-19)6-8-35-16-26(17-35)36-9-11-39-18-25(36)7-10-37/h2-5,12-14,20,25-26,37H,6-11,15-18H2,1H3/t20-,25-/m1/s1. The summed E-state index contributed by atoms with van der Waals surface area (Å²) in [7, 11) is 1.58. The molecule has 39 heavy (non-hydrogen) atoms. The fraction of sp³-hybridized carbons (Fsp3) is 0.536. The van der Waals surface area contributed by atoms with E-state index in [2.05, 4.69) is 25.7 Å². The van der Waals surface area contributed by atoms with E-state index in [4.69, 9.17) is 4.74 Å². The molecule has 2 aromatic carbocycles. The molecule has 4 rings (SSSR count). The monoisotopic (exact) mass is 615 g/mol. The number of halogens is 5. The van der Waals surface area contributed by atoms with E-state index in [0.29, 0.717) is 32.1 Å². The van der Waals surface area contributed by atoms with Gasteiger partial charge in [-0.2, -0.15) is 13.2 Å². The highest BCUT2D eigenvalue weighted by Crippen LogP contribution is 2.33. The Hall–Kier alpha value is -2.05. The number of morpholine rings is 1. The normalized spacial score (nSPS) is 20.0. The summed E-state index contributed by atoms with van der Waals surface area (Å²) in [6.45, 7) is 5.13. The van der Waals surface area contributed by atoms with Crippen molar-refractivity contribution in [3.05, 3.63) is 69.4 Å². The molecule has 0 aromatic heterocycles. The first-order valence-corrected chi connectivity index (χ1v) is 13.9. The number of carbonyl (C=O) groups excluding carboxylic acids is 1. The molecule has 0 saturated carbocycles. The average molecular weight is 616 g/mol. The highest BCUT2D eigenvalue weighted by atomic mass is 79.9. The van der Waals surface area contributed by atoms with Gasteiger partial charge in [0.25, 0.3) is 5.91 Å². The molecule has 0 spiro atoms. The quantitative estimate of drug-likeness (QED) is 0.395. The number of hydrogen-bond acceptors (Lipinski definition) is 5. The van der Waals surface area contributed by atoms with E-state index >= 15 is 0 Å². The van der Waals surface area contributed by atoms with Crippen LogP contribution in [0.15, 0.2) is 46.9 Å². The summed E-state index contributed by atoms with van der Waals surface area (Å²) in [6, 6.07) is 9.99. The third-order valence-electron chi connectivity index (χ3n) is 7.59. The van der Waals surface area contributed by atoms with Gasteiger partial charge in [0.1, 0.15) is 5.82 Å². The van der Waals surface area contributed by atoms with Gasteiger partial charge in [0.05, 0.1) is 18.8 Å². The molecule has 0 bridgehead atoms. The number of rotatable bonds is 10. The van der Waals surface area contributed by atoms with Crippen LogP contribution in [0.2, 0.25) is 0 Å². The fourth-order valence-electron chi connectivity index (χ4n) is 5.43. The maximum absolute atomic E-state index is 13.6. The van der Waals surface area contributed by atoms with Crippen LogP contribution in [0.5, 0.6) is 0 Å². The number of amides is 1. The zero-order chi connectivity index (χ0) is 28.2. The largest absolute Gasteiger partial charge is 0.416 e. The number of benzene rings is 2. The van der Waals surface area contributed by atoms with Crippen LogP contribution in [0.3, 0.4) is 0 Å². The number of hydrogen-bond donors (Lipinski definition) is 1. The predicted octanol–water partition coefficient (Wildman–Crippen LogP) is 4.62. The van der Waals surface area contributed by atoms with Gasteiger partial charge < -0.3 is 19.6 Å². The third-order valence-corrected chi connectivity index (χ3v) is 8.05. The summed E-state index contributed by atoms with van der Waals surface area (Å²) in [5, 5.41) is 9.38. The molecule has 2 saturated heterocycles. The number of aliphatic hydroxyl groups is 1. The molecule has 2 aromatic rings. The maximum atomic E-state index is 13.6. The Morgan fingerprint density at radius 1 is 1.21 bits per heavy atom. The molecule has 6 nitrogen and oxygen atoms in total. The number of likely N-dealkylation sites (N-methyl/N-ethyl adjacent to an activating group) is 1. The topological polar surface area (TPSA) is 56.3 Å². The van der Waals surface area contributed by atoms with Gasteiger partial charge in [-0.25, -0.2) is 4.39 Å². The summed E-state index contributed by atoms with van der Waals surface area (Å²) in [6.07, 6.45) is -3.18. The highest BCUT2D eigenvalue weighted by molar-refractivity contribution is 9.10. The van der Waals surface area contributed by atoms with E-state index in [0.717, 1.165) is 43.9 Å². The Bertz CT molecular complexity index is 1110. The Morgan fingerprint density at radius 2 is 1.92 bits per heavy atom. The average Bonchev–Trinajstić information content (AvgIpc) is 2.87. The Morgan fingerprint density at radius 3 is 2.59 bits per heavy atom. The molecule has 1 N–H and O–H groups in total. The van der Waals surface area contributed by atoms with Crippen LogP contribution in [-0.2, 0) is 10.9 Å². The van der Waals surface area contributed by atoms with Gasteiger partial charge in [0.15, 0.2) is 0 Å². The molecule has 0 radical (unpaired) electrons. The zero-order valence-electron chi connectivity index (χ0n) is 21.8. The third kappa shape index (κ3) is 7.79. The van der Waals surface area contributed by atoms with Crippen molar-refractivity contribution in [1.82, 2.24) is 14.7 Å². The van der Waals surface area contributed by atoms with Gasteiger partial charge in [0, 0.05) is 67.9 Å². The highest BCUT2D eigenvalue weighted by Gasteiger charge is 2.37. The molecular formula is C28H34BrF4N3O3. The van der Waals surface area contributed by atoms with Crippen molar-refractivity contribution in [3.63, 3.8) is 0 Å². The van der Waals surface area contributed by atoms with Crippen LogP contribution in [-0.4, -0.2) is 97.4 Å². The van der Waals surface area contributed by atoms with Crippen molar-refractivity contribution in [3.8, 4) is 0 Å². The summed E-state index contributed by atoms with van der Waals surface area (Å²) >= 11 is 3.08. The summed E-state index contributed by atoms with van der Waals surface area (Å²) in [4.78, 5) is 19.3. The lowest BCUT2D eigenvalue weighted by Gasteiger charge is -2.50. The summed E-state index contributed by atoms with van der Waals surface area (Å²) in [5.41, 5.74) is -0.0716. The summed E-state index contributed by atoms with van der Waals surface area (Å²) < 4.78 is 59.3. The lowest BCUT2D eigenvalue weighted by molar-refractivity contribution is -0.137. The van der Waals surface area contributed by atoms with Gasteiger partial charge in [-0.1, -0.05) is 28.1 Å². The molecule has 2 fully saturated rings. The first-order valence-electron chi connectivity index (χ1n) is 13.1. The second-order valence-corrected chi connectivity index (χ2v) is 11.3. The minimum Gasteiger partial charge on any atom is -0.396 e. The second-order valence-electron chi connectivity index (χ2n) is 10.3. The van der Waals surface area contributed by atoms with E-state index in [-0.39, 0.29) is 41.0 Å². The number of nitrogens with zero attached hydrogens (tertiary/aromatic N) is 3. The van der Waals surface area contributed by atoms with Crippen LogP contribution in [0.25, 0.3) is 0 Å². The molecule has 2 heterocycles. The van der Waals surface area contributed by atoms with Gasteiger partial charge in [-0.05, 0) is 55.3 Å². The van der Waals surface area contributed by atoms with E-state index < -0.39 is 17.6 Å². The van der Waals surface area contributed by atoms with E-state index in [1.54, 1.807) is 19.2 Å². The predicted molar refractivity (Wildman–Crippen MR) is 143 cm³/mol. The van der Waals surface area contributed by atoms with Gasteiger partial charge in [-0.15, -0.1) is 0 Å². The van der Waals surface area contributed by atoms with Crippen molar-refractivity contribution in [2.45, 2.75) is 37.0 Å². The minimum atomic E-state index is -4.57. The van der Waals surface area contributed by atoms with E-state index in [1.807, 2.05) is 0 Å². The number of alkyl halides is 3. The van der Waals surface area contributed by atoms with Gasteiger partial charge >= 0.3 is 6.18 Å². The Labute approximate surface area is 234 Å². The van der Waals surface area contributed by atoms with Gasteiger partial charge in [-0.3, -0.25) is 9.69 Å². The Balaban J connectivity index is 1.40. The SMILES string of the molecule is CN(C[C@@H](CCN1CC(N2CCOC[C@H]2CCO)C1)c1ccc(F)cc1)C(=O)c1cc(Br)cc(C(F)(F)F)c1. The second kappa shape index (κ2) is 13.1. The van der Waals surface area contributed by atoms with Crippen molar-refractivity contribution in [2.75, 3.05) is 59.6 Å². The van der Waals surface area contributed by atoms with Crippen LogP contribution < -0.4 is 0 Å². The molecule has 11 heteroatoms. The number of ether oxygens (including phenoxy) is 1. The smallest absolute Gasteiger partial charge is 0.396 e. The number of aliphatic hydroxyl groups excluding tert-OH is 1. The molecule has 0 unspecified atom stereocenters. The molecule has 214 valence electrons. The lowest BCUT2D eigenvalue weighted by Crippen LogP contribution is -2.64. The molecular weight excluding hydrogens is 582 g/mol. The molecule has 2 aliphatic heterocycles. The molecule has 0 aliphatic carbocycles. The van der Waals surface area contributed by atoms with Crippen molar-refractivity contribution in [1.29, 1.82) is 0 Å². The van der Waals surface area contributed by atoms with Crippen LogP contribution in [0.4, 0.5) is 17.6 Å². The molecule has 2 aliphatic rings. The van der Waals surface area contributed by atoms with Gasteiger partial charge in [0.2, 0.25) is 0 Å². The van der Waals surface area contributed by atoms with Crippen molar-refractivity contribution in [2.24, 2.45) is 0 Å². The fourth-order valence-corrected chi connectivity index (χ4v) is 5.92. The molecule has 1 amide bonds. The Kier molecular flexibility index (Phi) is 10.0. The molecule has 2 atom stereocenters. The number of carbonyl (C=O) groups is 1.